The number of aliphatic hydroxyl groups excluding tert-OH is 1. The van der Waals surface area contributed by atoms with Crippen molar-refractivity contribution in [3.8, 4) is 11.5 Å². The first-order chi connectivity index (χ1) is 17.3. The molecular weight excluding hydrogens is 491 g/mol. The van der Waals surface area contributed by atoms with Gasteiger partial charge in [-0.15, -0.1) is 0 Å². The molecule has 184 valence electrons. The van der Waals surface area contributed by atoms with Crippen LogP contribution >= 0.6 is 11.3 Å². The van der Waals surface area contributed by atoms with Gasteiger partial charge in [-0.05, 0) is 31.2 Å². The largest absolute Gasteiger partial charge is 0.507 e. The number of carbonyl (C=O) groups is 3. The van der Waals surface area contributed by atoms with E-state index in [1.54, 1.807) is 19.1 Å². The number of hydrogen-bond acceptors (Lipinski definition) is 9. The fraction of sp³-hybridized carbons (Fsp3) is 0.200. The van der Waals surface area contributed by atoms with E-state index < -0.39 is 35.3 Å². The Hall–Kier alpha value is -4.25. The molecule has 9 nitrogen and oxygen atoms in total. The minimum Gasteiger partial charge on any atom is -0.507 e. The summed E-state index contributed by atoms with van der Waals surface area (Å²) in [4.78, 5) is 44.1. The van der Waals surface area contributed by atoms with Crippen LogP contribution in [0.4, 0.5) is 9.52 Å². The number of nitrogens with zero attached hydrogens (tertiary/aromatic N) is 2. The highest BCUT2D eigenvalue weighted by Crippen LogP contribution is 2.45. The standard InChI is InChI=1S/C25H19FN2O7S/c1-12-22(24(32)33-2)36-25(27-12)28-19(14-5-3-4-6-15(14)26)18(21(30)23(28)31)20(29)13-7-8-16-17(11-13)35-10-9-34-16/h3-8,11,19,29H,9-10H2,1-2H3/b20-18+. The van der Waals surface area contributed by atoms with Crippen LogP contribution in [-0.4, -0.2) is 48.1 Å². The molecule has 2 aromatic carbocycles. The average molecular weight is 510 g/mol. The molecule has 2 aliphatic rings. The maximum atomic E-state index is 15.0. The van der Waals surface area contributed by atoms with Crippen LogP contribution in [0.3, 0.4) is 0 Å². The van der Waals surface area contributed by atoms with Crippen molar-refractivity contribution in [1.29, 1.82) is 0 Å². The first-order valence-electron chi connectivity index (χ1n) is 10.8. The zero-order valence-corrected chi connectivity index (χ0v) is 19.9. The van der Waals surface area contributed by atoms with E-state index in [2.05, 4.69) is 4.98 Å². The highest BCUT2D eigenvalue weighted by atomic mass is 32.1. The Bertz CT molecular complexity index is 1450. The summed E-state index contributed by atoms with van der Waals surface area (Å²) < 4.78 is 30.9. The van der Waals surface area contributed by atoms with Crippen molar-refractivity contribution < 1.29 is 38.1 Å². The van der Waals surface area contributed by atoms with E-state index in [-0.39, 0.29) is 32.4 Å². The van der Waals surface area contributed by atoms with E-state index in [4.69, 9.17) is 14.2 Å². The number of carbonyl (C=O) groups excluding carboxylic acids is 3. The number of fused-ring (bicyclic) bond motifs is 1. The van der Waals surface area contributed by atoms with Crippen molar-refractivity contribution in [1.82, 2.24) is 4.98 Å². The molecular formula is C25H19FN2O7S. The molecule has 1 atom stereocenters. The average Bonchev–Trinajstić information content (AvgIpc) is 3.39. The zero-order valence-electron chi connectivity index (χ0n) is 19.1. The molecule has 1 unspecified atom stereocenters. The van der Waals surface area contributed by atoms with Crippen molar-refractivity contribution in [2.45, 2.75) is 13.0 Å². The number of hydrogen-bond donors (Lipinski definition) is 1. The number of Topliss-reactive ketones (excluding diaryl/α,β-unsaturated/α-hetero) is 1. The minimum atomic E-state index is -1.34. The Kier molecular flexibility index (Phi) is 5.92. The van der Waals surface area contributed by atoms with E-state index in [1.165, 1.54) is 37.4 Å². The quantitative estimate of drug-likeness (QED) is 0.244. The number of halogens is 1. The Morgan fingerprint density at radius 1 is 1.17 bits per heavy atom. The van der Waals surface area contributed by atoms with Gasteiger partial charge >= 0.3 is 11.9 Å². The van der Waals surface area contributed by atoms with Crippen LogP contribution in [0.1, 0.15) is 32.5 Å². The molecule has 3 heterocycles. The van der Waals surface area contributed by atoms with E-state index in [0.29, 0.717) is 24.7 Å². The topological polar surface area (TPSA) is 115 Å². The smallest absolute Gasteiger partial charge is 0.350 e. The molecule has 2 aliphatic heterocycles. The Morgan fingerprint density at radius 2 is 1.89 bits per heavy atom. The van der Waals surface area contributed by atoms with Crippen molar-refractivity contribution in [3.05, 3.63) is 75.6 Å². The van der Waals surface area contributed by atoms with Crippen LogP contribution in [-0.2, 0) is 14.3 Å². The summed E-state index contributed by atoms with van der Waals surface area (Å²) in [6.07, 6.45) is 0. The number of thiazole rings is 1. The molecule has 0 aliphatic carbocycles. The SMILES string of the molecule is COC(=O)c1sc(N2C(=O)C(=O)/C(=C(/O)c3ccc4c(c3)OCCO4)C2c2ccccc2F)nc1C. The minimum absolute atomic E-state index is 0.00974. The maximum absolute atomic E-state index is 15.0. The summed E-state index contributed by atoms with van der Waals surface area (Å²) in [6, 6.07) is 8.85. The second kappa shape index (κ2) is 9.08. The van der Waals surface area contributed by atoms with Crippen LogP contribution in [0, 0.1) is 12.7 Å². The van der Waals surface area contributed by atoms with Crippen LogP contribution in [0.5, 0.6) is 11.5 Å². The van der Waals surface area contributed by atoms with Gasteiger partial charge in [0.2, 0.25) is 0 Å². The molecule has 1 N–H and O–H groups in total. The highest BCUT2D eigenvalue weighted by Gasteiger charge is 2.49. The van der Waals surface area contributed by atoms with Crippen LogP contribution < -0.4 is 14.4 Å². The van der Waals surface area contributed by atoms with E-state index in [9.17, 15) is 19.5 Å². The first-order valence-corrected chi connectivity index (χ1v) is 11.6. The monoisotopic (exact) mass is 510 g/mol. The molecule has 0 spiro atoms. The van der Waals surface area contributed by atoms with Gasteiger partial charge in [0.25, 0.3) is 5.78 Å². The summed E-state index contributed by atoms with van der Waals surface area (Å²) in [5.41, 5.74) is 0.115. The molecule has 1 fully saturated rings. The van der Waals surface area contributed by atoms with Crippen molar-refractivity contribution >= 4 is 39.9 Å². The van der Waals surface area contributed by atoms with Crippen molar-refractivity contribution in [2.75, 3.05) is 25.2 Å². The van der Waals surface area contributed by atoms with Gasteiger partial charge in [0.15, 0.2) is 16.6 Å². The number of esters is 1. The number of methoxy groups -OCH3 is 1. The third-order valence-electron chi connectivity index (χ3n) is 5.82. The van der Waals surface area contributed by atoms with Gasteiger partial charge in [-0.2, -0.15) is 0 Å². The molecule has 0 bridgehead atoms. The van der Waals surface area contributed by atoms with Gasteiger partial charge < -0.3 is 19.3 Å². The lowest BCUT2D eigenvalue weighted by atomic mass is 9.95. The number of amides is 1. The summed E-state index contributed by atoms with van der Waals surface area (Å²) in [7, 11) is 1.21. The second-order valence-corrected chi connectivity index (χ2v) is 8.93. The number of ether oxygens (including phenoxy) is 3. The second-order valence-electron chi connectivity index (χ2n) is 7.95. The van der Waals surface area contributed by atoms with E-state index in [0.717, 1.165) is 16.2 Å². The number of aromatic nitrogens is 1. The Labute approximate surface area is 208 Å². The lowest BCUT2D eigenvalue weighted by molar-refractivity contribution is -0.132. The number of aliphatic hydroxyl groups is 1. The maximum Gasteiger partial charge on any atom is 0.350 e. The van der Waals surface area contributed by atoms with E-state index >= 15 is 4.39 Å². The lowest BCUT2D eigenvalue weighted by Gasteiger charge is -2.23. The molecule has 1 amide bonds. The van der Waals surface area contributed by atoms with Crippen molar-refractivity contribution in [2.24, 2.45) is 0 Å². The van der Waals surface area contributed by atoms with Gasteiger partial charge in [0.1, 0.15) is 35.7 Å². The van der Waals surface area contributed by atoms with Gasteiger partial charge in [-0.25, -0.2) is 14.2 Å². The number of aryl methyl sites for hydroxylation is 1. The van der Waals surface area contributed by atoms with Gasteiger partial charge in [0, 0.05) is 11.1 Å². The molecule has 3 aromatic rings. The third kappa shape index (κ3) is 3.77. The van der Waals surface area contributed by atoms with Gasteiger partial charge in [-0.1, -0.05) is 29.5 Å². The molecule has 5 rings (SSSR count). The molecule has 11 heteroatoms. The first kappa shape index (κ1) is 23.5. The number of benzene rings is 2. The number of anilines is 1. The van der Waals surface area contributed by atoms with Gasteiger partial charge in [-0.3, -0.25) is 14.5 Å². The molecule has 36 heavy (non-hydrogen) atoms. The predicted molar refractivity (Wildman–Crippen MR) is 127 cm³/mol. The fourth-order valence-corrected chi connectivity index (χ4v) is 5.15. The molecule has 0 saturated carbocycles. The van der Waals surface area contributed by atoms with Gasteiger partial charge in [0.05, 0.1) is 18.4 Å². The Balaban J connectivity index is 1.70. The highest BCUT2D eigenvalue weighted by molar-refractivity contribution is 7.17. The summed E-state index contributed by atoms with van der Waals surface area (Å²) >= 11 is 0.832. The summed E-state index contributed by atoms with van der Waals surface area (Å²) in [5.74, 6) is -3.08. The normalized spacial score (nSPS) is 18.4. The summed E-state index contributed by atoms with van der Waals surface area (Å²) in [5, 5.41) is 11.2. The number of ketones is 1. The predicted octanol–water partition coefficient (Wildman–Crippen LogP) is 3.77. The zero-order chi connectivity index (χ0) is 25.6. The number of rotatable bonds is 4. The fourth-order valence-electron chi connectivity index (χ4n) is 4.13. The summed E-state index contributed by atoms with van der Waals surface area (Å²) in [6.45, 7) is 2.23. The van der Waals surface area contributed by atoms with Crippen molar-refractivity contribution in [3.63, 3.8) is 0 Å². The Morgan fingerprint density at radius 3 is 2.61 bits per heavy atom. The van der Waals surface area contributed by atoms with Crippen LogP contribution in [0.2, 0.25) is 0 Å². The van der Waals surface area contributed by atoms with Crippen LogP contribution in [0.25, 0.3) is 5.76 Å². The molecule has 1 aromatic heterocycles. The van der Waals surface area contributed by atoms with Crippen LogP contribution in [0.15, 0.2) is 48.0 Å². The lowest BCUT2D eigenvalue weighted by Crippen LogP contribution is -2.29. The third-order valence-corrected chi connectivity index (χ3v) is 6.96. The van der Waals surface area contributed by atoms with E-state index in [1.807, 2.05) is 0 Å². The molecule has 1 saturated heterocycles. The molecule has 0 radical (unpaired) electrons.